The van der Waals surface area contributed by atoms with Crippen LogP contribution in [0, 0.1) is 11.3 Å². The van der Waals surface area contributed by atoms with Crippen molar-refractivity contribution >= 4 is 23.2 Å². The summed E-state index contributed by atoms with van der Waals surface area (Å²) in [5.74, 6) is 0.953. The number of rotatable bonds is 9. The monoisotopic (exact) mass is 413 g/mol. The lowest BCUT2D eigenvalue weighted by Gasteiger charge is -2.21. The summed E-state index contributed by atoms with van der Waals surface area (Å²) in [4.78, 5) is 26.5. The Morgan fingerprint density at radius 2 is 1.45 bits per heavy atom. The quantitative estimate of drug-likeness (QED) is 0.526. The van der Waals surface area contributed by atoms with Crippen molar-refractivity contribution in [3.63, 3.8) is 0 Å². The van der Waals surface area contributed by atoms with Crippen LogP contribution >= 0.6 is 0 Å². The van der Waals surface area contributed by atoms with E-state index in [0.717, 1.165) is 11.4 Å². The molecule has 0 heterocycles. The molecule has 0 aromatic heterocycles. The minimum Gasteiger partial charge on any atom is -0.457 e. The molecule has 0 saturated heterocycles. The Kier molecular flexibility index (Phi) is 7.78. The number of nitriles is 1. The highest BCUT2D eigenvalue weighted by Gasteiger charge is 2.16. The minimum atomic E-state index is -0.252. The Balaban J connectivity index is 1.51. The first-order valence-corrected chi connectivity index (χ1v) is 10.0. The summed E-state index contributed by atoms with van der Waals surface area (Å²) in [6.45, 7) is 0.295. The van der Waals surface area contributed by atoms with Gasteiger partial charge in [0, 0.05) is 30.8 Å². The summed E-state index contributed by atoms with van der Waals surface area (Å²) in [6, 6.07) is 27.7. The molecular weight excluding hydrogens is 390 g/mol. The van der Waals surface area contributed by atoms with Crippen molar-refractivity contribution in [2.45, 2.75) is 19.3 Å². The molecule has 0 saturated carbocycles. The van der Waals surface area contributed by atoms with Crippen LogP contribution in [-0.2, 0) is 9.59 Å². The molecule has 2 amide bonds. The van der Waals surface area contributed by atoms with Crippen LogP contribution in [0.5, 0.6) is 11.5 Å². The van der Waals surface area contributed by atoms with Gasteiger partial charge in [0.25, 0.3) is 0 Å². The molecule has 3 aromatic rings. The molecule has 1 N–H and O–H groups in total. The van der Waals surface area contributed by atoms with E-state index >= 15 is 0 Å². The van der Waals surface area contributed by atoms with E-state index in [1.165, 1.54) is 0 Å². The minimum absolute atomic E-state index is 0.0526. The molecule has 6 heteroatoms. The van der Waals surface area contributed by atoms with E-state index < -0.39 is 0 Å². The van der Waals surface area contributed by atoms with Crippen LogP contribution in [-0.4, -0.2) is 18.4 Å². The molecule has 0 unspecified atom stereocenters. The zero-order chi connectivity index (χ0) is 21.9. The third kappa shape index (κ3) is 6.72. The molecule has 31 heavy (non-hydrogen) atoms. The topological polar surface area (TPSA) is 82.4 Å². The summed E-state index contributed by atoms with van der Waals surface area (Å²) in [5.41, 5.74) is 1.35. The number of carbonyl (C=O) groups is 2. The van der Waals surface area contributed by atoms with Crippen molar-refractivity contribution in [3.8, 4) is 17.6 Å². The van der Waals surface area contributed by atoms with Gasteiger partial charge in [-0.2, -0.15) is 5.26 Å². The SMILES string of the molecule is N#CCCN(C(=O)CCC(=O)Nc1ccc(Oc2ccccc2)cc1)c1ccccc1. The van der Waals surface area contributed by atoms with Gasteiger partial charge in [-0.3, -0.25) is 9.59 Å². The molecule has 0 fully saturated rings. The standard InChI is InChI=1S/C25H23N3O3/c26-18-7-19-28(21-8-3-1-4-9-21)25(30)17-16-24(29)27-20-12-14-23(15-13-20)31-22-10-5-2-6-11-22/h1-6,8-15H,7,16-17,19H2,(H,27,29). The van der Waals surface area contributed by atoms with Gasteiger partial charge in [0.2, 0.25) is 11.8 Å². The Morgan fingerprint density at radius 3 is 2.10 bits per heavy atom. The zero-order valence-corrected chi connectivity index (χ0v) is 17.0. The van der Waals surface area contributed by atoms with Gasteiger partial charge in [-0.05, 0) is 48.5 Å². The van der Waals surface area contributed by atoms with Gasteiger partial charge in [-0.25, -0.2) is 0 Å². The van der Waals surface area contributed by atoms with Crippen molar-refractivity contribution in [2.24, 2.45) is 0 Å². The van der Waals surface area contributed by atoms with Crippen molar-refractivity contribution in [2.75, 3.05) is 16.8 Å². The highest BCUT2D eigenvalue weighted by molar-refractivity contribution is 5.98. The molecule has 0 atom stereocenters. The number of amides is 2. The first-order chi connectivity index (χ1) is 15.2. The Morgan fingerprint density at radius 1 is 0.839 bits per heavy atom. The molecule has 156 valence electrons. The number of para-hydroxylation sites is 2. The molecule has 0 aliphatic rings. The third-order valence-corrected chi connectivity index (χ3v) is 4.50. The average Bonchev–Trinajstić information content (AvgIpc) is 2.81. The molecule has 3 aromatic carbocycles. The smallest absolute Gasteiger partial charge is 0.227 e. The van der Waals surface area contributed by atoms with Gasteiger partial charge < -0.3 is 15.0 Å². The van der Waals surface area contributed by atoms with E-state index in [4.69, 9.17) is 10.00 Å². The average molecular weight is 413 g/mol. The molecule has 3 rings (SSSR count). The maximum atomic E-state index is 12.6. The van der Waals surface area contributed by atoms with Crippen LogP contribution in [0.2, 0.25) is 0 Å². The lowest BCUT2D eigenvalue weighted by Crippen LogP contribution is -2.32. The first kappa shape index (κ1) is 21.6. The van der Waals surface area contributed by atoms with E-state index in [2.05, 4.69) is 11.4 Å². The zero-order valence-electron chi connectivity index (χ0n) is 17.0. The van der Waals surface area contributed by atoms with Crippen LogP contribution in [0.4, 0.5) is 11.4 Å². The van der Waals surface area contributed by atoms with E-state index in [0.29, 0.717) is 18.0 Å². The second kappa shape index (κ2) is 11.2. The number of hydrogen-bond acceptors (Lipinski definition) is 4. The normalized spacial score (nSPS) is 10.0. The molecule has 0 bridgehead atoms. The number of nitrogens with zero attached hydrogens (tertiary/aromatic N) is 2. The molecule has 6 nitrogen and oxygen atoms in total. The maximum Gasteiger partial charge on any atom is 0.227 e. The van der Waals surface area contributed by atoms with E-state index in [-0.39, 0.29) is 31.1 Å². The van der Waals surface area contributed by atoms with Gasteiger partial charge in [0.05, 0.1) is 12.5 Å². The number of nitrogens with one attached hydrogen (secondary N) is 1. The van der Waals surface area contributed by atoms with Crippen molar-refractivity contribution in [1.82, 2.24) is 0 Å². The largest absolute Gasteiger partial charge is 0.457 e. The Hall–Kier alpha value is -4.11. The second-order valence-corrected chi connectivity index (χ2v) is 6.78. The van der Waals surface area contributed by atoms with E-state index in [9.17, 15) is 9.59 Å². The summed E-state index contributed by atoms with van der Waals surface area (Å²) in [5, 5.41) is 11.7. The fourth-order valence-electron chi connectivity index (χ4n) is 2.98. The van der Waals surface area contributed by atoms with E-state index in [1.54, 1.807) is 29.2 Å². The van der Waals surface area contributed by atoms with Gasteiger partial charge in [0.15, 0.2) is 0 Å². The molecular formula is C25H23N3O3. The van der Waals surface area contributed by atoms with Gasteiger partial charge in [-0.15, -0.1) is 0 Å². The first-order valence-electron chi connectivity index (χ1n) is 10.0. The number of anilines is 2. The maximum absolute atomic E-state index is 12.6. The Bertz CT molecular complexity index is 1030. The second-order valence-electron chi connectivity index (χ2n) is 6.78. The summed E-state index contributed by atoms with van der Waals surface area (Å²) >= 11 is 0. The van der Waals surface area contributed by atoms with Crippen LogP contribution < -0.4 is 15.0 Å². The molecule has 0 aliphatic heterocycles. The Labute approximate surface area is 181 Å². The molecule has 0 radical (unpaired) electrons. The molecule has 0 aliphatic carbocycles. The van der Waals surface area contributed by atoms with Crippen molar-refractivity contribution in [3.05, 3.63) is 84.9 Å². The summed E-state index contributed by atoms with van der Waals surface area (Å²) in [7, 11) is 0. The predicted octanol–water partition coefficient (Wildman–Crippen LogP) is 5.14. The highest BCUT2D eigenvalue weighted by Crippen LogP contribution is 2.23. The van der Waals surface area contributed by atoms with Crippen LogP contribution in [0.3, 0.4) is 0 Å². The van der Waals surface area contributed by atoms with Crippen molar-refractivity contribution < 1.29 is 14.3 Å². The van der Waals surface area contributed by atoms with Gasteiger partial charge in [-0.1, -0.05) is 36.4 Å². The lowest BCUT2D eigenvalue weighted by molar-refractivity contribution is -0.122. The number of benzene rings is 3. The van der Waals surface area contributed by atoms with E-state index in [1.807, 2.05) is 60.7 Å². The predicted molar refractivity (Wildman–Crippen MR) is 120 cm³/mol. The van der Waals surface area contributed by atoms with Crippen molar-refractivity contribution in [1.29, 1.82) is 5.26 Å². The summed E-state index contributed by atoms with van der Waals surface area (Å²) < 4.78 is 5.73. The fraction of sp³-hybridized carbons (Fsp3) is 0.160. The third-order valence-electron chi connectivity index (χ3n) is 4.50. The van der Waals surface area contributed by atoms with Crippen LogP contribution in [0.25, 0.3) is 0 Å². The fourth-order valence-corrected chi connectivity index (χ4v) is 2.98. The number of ether oxygens (including phenoxy) is 1. The summed E-state index contributed by atoms with van der Waals surface area (Å²) in [6.07, 6.45) is 0.336. The number of hydrogen-bond donors (Lipinski definition) is 1. The number of carbonyl (C=O) groups excluding carboxylic acids is 2. The van der Waals surface area contributed by atoms with Crippen LogP contribution in [0.15, 0.2) is 84.9 Å². The lowest BCUT2D eigenvalue weighted by atomic mass is 10.2. The van der Waals surface area contributed by atoms with Gasteiger partial charge in [0.1, 0.15) is 11.5 Å². The molecule has 0 spiro atoms. The van der Waals surface area contributed by atoms with Gasteiger partial charge >= 0.3 is 0 Å². The van der Waals surface area contributed by atoms with Crippen LogP contribution in [0.1, 0.15) is 19.3 Å². The highest BCUT2D eigenvalue weighted by atomic mass is 16.5.